The normalized spacial score (nSPS) is 11.6. The van der Waals surface area contributed by atoms with Crippen molar-refractivity contribution in [3.05, 3.63) is 29.3 Å². The molecule has 0 unspecified atom stereocenters. The molecule has 0 aliphatic heterocycles. The number of nitrogens with two attached hydrogens (primary N) is 1. The van der Waals surface area contributed by atoms with Gasteiger partial charge in [-0.15, -0.1) is 0 Å². The molecule has 96 valence electrons. The maximum atomic E-state index is 5.95. The van der Waals surface area contributed by atoms with Gasteiger partial charge in [0.05, 0.1) is 6.61 Å². The molecule has 0 atom stereocenters. The molecule has 0 saturated heterocycles. The Labute approximate surface area is 105 Å². The standard InChI is InChI=1S/C15H25NO/c1-5-12-8-7-9-14(13(12)6-2)17-11-15(3,4)10-16/h7-9H,5-6,10-11,16H2,1-4H3. The number of benzene rings is 1. The maximum Gasteiger partial charge on any atom is 0.122 e. The van der Waals surface area contributed by atoms with E-state index in [2.05, 4.69) is 45.9 Å². The van der Waals surface area contributed by atoms with E-state index in [0.717, 1.165) is 18.6 Å². The van der Waals surface area contributed by atoms with Crippen molar-refractivity contribution in [3.8, 4) is 5.75 Å². The first-order chi connectivity index (χ1) is 8.04. The van der Waals surface area contributed by atoms with Gasteiger partial charge in [0.25, 0.3) is 0 Å². The van der Waals surface area contributed by atoms with Crippen LogP contribution in [0, 0.1) is 5.41 Å². The summed E-state index contributed by atoms with van der Waals surface area (Å²) in [5.74, 6) is 1.02. The minimum absolute atomic E-state index is 0.0350. The van der Waals surface area contributed by atoms with Gasteiger partial charge in [-0.3, -0.25) is 0 Å². The third-order valence-electron chi connectivity index (χ3n) is 3.14. The lowest BCUT2D eigenvalue weighted by molar-refractivity contribution is 0.186. The summed E-state index contributed by atoms with van der Waals surface area (Å²) in [6.07, 6.45) is 2.07. The van der Waals surface area contributed by atoms with Crippen LogP contribution in [-0.4, -0.2) is 13.2 Å². The zero-order chi connectivity index (χ0) is 12.9. The van der Waals surface area contributed by atoms with Crippen LogP contribution < -0.4 is 10.5 Å². The number of hydrogen-bond acceptors (Lipinski definition) is 2. The van der Waals surface area contributed by atoms with Gasteiger partial charge in [0.1, 0.15) is 5.75 Å². The third kappa shape index (κ3) is 3.74. The summed E-state index contributed by atoms with van der Waals surface area (Å²) in [6.45, 7) is 9.92. The smallest absolute Gasteiger partial charge is 0.122 e. The second kappa shape index (κ2) is 6.06. The predicted octanol–water partition coefficient (Wildman–Crippen LogP) is 3.18. The Morgan fingerprint density at radius 1 is 1.18 bits per heavy atom. The Kier molecular flexibility index (Phi) is 5.01. The van der Waals surface area contributed by atoms with Gasteiger partial charge in [0.2, 0.25) is 0 Å². The molecule has 0 heterocycles. The molecule has 0 fully saturated rings. The zero-order valence-corrected chi connectivity index (χ0v) is 11.5. The summed E-state index contributed by atoms with van der Waals surface area (Å²) in [5.41, 5.74) is 8.47. The van der Waals surface area contributed by atoms with Gasteiger partial charge >= 0.3 is 0 Å². The predicted molar refractivity (Wildman–Crippen MR) is 73.5 cm³/mol. The molecule has 2 N–H and O–H groups in total. The van der Waals surface area contributed by atoms with E-state index < -0.39 is 0 Å². The SMILES string of the molecule is CCc1cccc(OCC(C)(C)CN)c1CC. The van der Waals surface area contributed by atoms with E-state index in [1.54, 1.807) is 0 Å². The van der Waals surface area contributed by atoms with Crippen molar-refractivity contribution in [1.29, 1.82) is 0 Å². The first-order valence-corrected chi connectivity index (χ1v) is 6.47. The van der Waals surface area contributed by atoms with Gasteiger partial charge in [-0.25, -0.2) is 0 Å². The molecule has 1 aromatic carbocycles. The van der Waals surface area contributed by atoms with Crippen LogP contribution in [0.3, 0.4) is 0 Å². The summed E-state index contributed by atoms with van der Waals surface area (Å²) < 4.78 is 5.95. The molecule has 2 heteroatoms. The number of ether oxygens (including phenoxy) is 1. The first kappa shape index (κ1) is 14.0. The van der Waals surface area contributed by atoms with Crippen molar-refractivity contribution in [2.75, 3.05) is 13.2 Å². The first-order valence-electron chi connectivity index (χ1n) is 6.47. The Hall–Kier alpha value is -1.02. The minimum atomic E-state index is 0.0350. The van der Waals surface area contributed by atoms with Gasteiger partial charge in [0, 0.05) is 12.0 Å². The average molecular weight is 235 g/mol. The van der Waals surface area contributed by atoms with E-state index in [1.807, 2.05) is 0 Å². The highest BCUT2D eigenvalue weighted by atomic mass is 16.5. The second-order valence-corrected chi connectivity index (χ2v) is 5.26. The maximum absolute atomic E-state index is 5.95. The molecule has 17 heavy (non-hydrogen) atoms. The molecule has 0 aliphatic carbocycles. The van der Waals surface area contributed by atoms with Gasteiger partial charge < -0.3 is 10.5 Å². The summed E-state index contributed by atoms with van der Waals surface area (Å²) >= 11 is 0. The molecule has 0 spiro atoms. The molecule has 1 rings (SSSR count). The average Bonchev–Trinajstić information content (AvgIpc) is 2.35. The lowest BCUT2D eigenvalue weighted by Gasteiger charge is -2.24. The van der Waals surface area contributed by atoms with Crippen LogP contribution in [0.1, 0.15) is 38.8 Å². The topological polar surface area (TPSA) is 35.2 Å². The highest BCUT2D eigenvalue weighted by Crippen LogP contribution is 2.25. The van der Waals surface area contributed by atoms with Crippen LogP contribution in [0.25, 0.3) is 0 Å². The molecular formula is C15H25NO. The third-order valence-corrected chi connectivity index (χ3v) is 3.14. The van der Waals surface area contributed by atoms with E-state index in [9.17, 15) is 0 Å². The van der Waals surface area contributed by atoms with Gasteiger partial charge in [-0.1, -0.05) is 39.8 Å². The van der Waals surface area contributed by atoms with Crippen molar-refractivity contribution >= 4 is 0 Å². The molecule has 0 amide bonds. The Balaban J connectivity index is 2.84. The van der Waals surface area contributed by atoms with E-state index in [1.165, 1.54) is 11.1 Å². The molecule has 2 nitrogen and oxygen atoms in total. The van der Waals surface area contributed by atoms with Crippen LogP contribution in [0.15, 0.2) is 18.2 Å². The fraction of sp³-hybridized carbons (Fsp3) is 0.600. The molecule has 0 bridgehead atoms. The van der Waals surface area contributed by atoms with Crippen molar-refractivity contribution in [3.63, 3.8) is 0 Å². The second-order valence-electron chi connectivity index (χ2n) is 5.26. The van der Waals surface area contributed by atoms with E-state index >= 15 is 0 Å². The highest BCUT2D eigenvalue weighted by Gasteiger charge is 2.17. The van der Waals surface area contributed by atoms with Gasteiger partial charge in [-0.2, -0.15) is 0 Å². The van der Waals surface area contributed by atoms with Crippen molar-refractivity contribution in [2.45, 2.75) is 40.5 Å². The molecular weight excluding hydrogens is 210 g/mol. The summed E-state index contributed by atoms with van der Waals surface area (Å²) in [7, 11) is 0. The van der Waals surface area contributed by atoms with Crippen molar-refractivity contribution < 1.29 is 4.74 Å². The minimum Gasteiger partial charge on any atom is -0.493 e. The van der Waals surface area contributed by atoms with Crippen molar-refractivity contribution in [1.82, 2.24) is 0 Å². The quantitative estimate of drug-likeness (QED) is 0.822. The number of rotatable bonds is 6. The zero-order valence-electron chi connectivity index (χ0n) is 11.5. The van der Waals surface area contributed by atoms with Crippen LogP contribution >= 0.6 is 0 Å². The Morgan fingerprint density at radius 2 is 1.88 bits per heavy atom. The molecule has 0 radical (unpaired) electrons. The van der Waals surface area contributed by atoms with Gasteiger partial charge in [-0.05, 0) is 30.0 Å². The number of hydrogen-bond donors (Lipinski definition) is 1. The summed E-state index contributed by atoms with van der Waals surface area (Å²) in [6, 6.07) is 6.31. The van der Waals surface area contributed by atoms with Crippen LogP contribution in [0.4, 0.5) is 0 Å². The largest absolute Gasteiger partial charge is 0.493 e. The van der Waals surface area contributed by atoms with Crippen LogP contribution in [-0.2, 0) is 12.8 Å². The van der Waals surface area contributed by atoms with E-state index in [4.69, 9.17) is 10.5 Å². The van der Waals surface area contributed by atoms with Crippen LogP contribution in [0.5, 0.6) is 5.75 Å². The lowest BCUT2D eigenvalue weighted by Crippen LogP contribution is -2.30. The Bertz CT molecular complexity index is 358. The lowest BCUT2D eigenvalue weighted by atomic mass is 9.95. The molecule has 0 saturated carbocycles. The fourth-order valence-corrected chi connectivity index (χ4v) is 1.81. The molecule has 0 aliphatic rings. The van der Waals surface area contributed by atoms with E-state index in [-0.39, 0.29) is 5.41 Å². The summed E-state index contributed by atoms with van der Waals surface area (Å²) in [4.78, 5) is 0. The molecule has 0 aromatic heterocycles. The highest BCUT2D eigenvalue weighted by molar-refractivity contribution is 5.40. The van der Waals surface area contributed by atoms with Crippen molar-refractivity contribution in [2.24, 2.45) is 11.1 Å². The summed E-state index contributed by atoms with van der Waals surface area (Å²) in [5, 5.41) is 0. The van der Waals surface area contributed by atoms with Gasteiger partial charge in [0.15, 0.2) is 0 Å². The van der Waals surface area contributed by atoms with Crippen LogP contribution in [0.2, 0.25) is 0 Å². The molecule has 1 aromatic rings. The van der Waals surface area contributed by atoms with E-state index in [0.29, 0.717) is 13.2 Å². The Morgan fingerprint density at radius 3 is 2.41 bits per heavy atom. The number of aryl methyl sites for hydroxylation is 1. The fourth-order valence-electron chi connectivity index (χ4n) is 1.81. The monoisotopic (exact) mass is 235 g/mol.